The van der Waals surface area contributed by atoms with E-state index in [0.717, 1.165) is 5.69 Å². The number of hydrogen-bond donors (Lipinski definition) is 1. The van der Waals surface area contributed by atoms with Crippen LogP contribution in [0.4, 0.5) is 10.1 Å². The van der Waals surface area contributed by atoms with Crippen molar-refractivity contribution in [3.8, 4) is 0 Å². The molecule has 0 aliphatic heterocycles. The zero-order valence-corrected chi connectivity index (χ0v) is 8.11. The lowest BCUT2D eigenvalue weighted by molar-refractivity contribution is 0.629. The third-order valence-corrected chi connectivity index (χ3v) is 1.89. The van der Waals surface area contributed by atoms with Gasteiger partial charge in [0, 0.05) is 12.2 Å². The van der Waals surface area contributed by atoms with Gasteiger partial charge in [-0.2, -0.15) is 0 Å². The van der Waals surface area contributed by atoms with Gasteiger partial charge < -0.3 is 5.32 Å². The molecule has 0 unspecified atom stereocenters. The van der Waals surface area contributed by atoms with Crippen LogP contribution in [0.15, 0.2) is 30.4 Å². The van der Waals surface area contributed by atoms with E-state index in [-0.39, 0.29) is 5.02 Å². The number of hydrogen-bond acceptors (Lipinski definition) is 1. The van der Waals surface area contributed by atoms with Crippen LogP contribution in [0.1, 0.15) is 6.92 Å². The van der Waals surface area contributed by atoms with Crippen LogP contribution in [0.3, 0.4) is 0 Å². The third kappa shape index (κ3) is 3.07. The summed E-state index contributed by atoms with van der Waals surface area (Å²) in [7, 11) is 0. The maximum Gasteiger partial charge on any atom is 0.143 e. The summed E-state index contributed by atoms with van der Waals surface area (Å²) in [6.45, 7) is 2.63. The van der Waals surface area contributed by atoms with Crippen LogP contribution in [-0.2, 0) is 0 Å². The largest absolute Gasteiger partial charge is 0.381 e. The van der Waals surface area contributed by atoms with Crippen LogP contribution in [0, 0.1) is 5.82 Å². The smallest absolute Gasteiger partial charge is 0.143 e. The normalized spacial score (nSPS) is 10.7. The van der Waals surface area contributed by atoms with Crippen LogP contribution in [-0.4, -0.2) is 6.54 Å². The summed E-state index contributed by atoms with van der Waals surface area (Å²) in [6, 6.07) is 4.66. The van der Waals surface area contributed by atoms with Crippen molar-refractivity contribution in [1.29, 1.82) is 0 Å². The fourth-order valence-corrected chi connectivity index (χ4v) is 1.02. The Morgan fingerprint density at radius 2 is 2.31 bits per heavy atom. The van der Waals surface area contributed by atoms with Gasteiger partial charge in [0.15, 0.2) is 0 Å². The van der Waals surface area contributed by atoms with Crippen LogP contribution >= 0.6 is 11.6 Å². The summed E-state index contributed by atoms with van der Waals surface area (Å²) >= 11 is 5.53. The Morgan fingerprint density at radius 3 is 2.92 bits per heavy atom. The van der Waals surface area contributed by atoms with Gasteiger partial charge in [-0.1, -0.05) is 23.8 Å². The Labute approximate surface area is 82.2 Å². The topological polar surface area (TPSA) is 12.0 Å². The van der Waals surface area contributed by atoms with Crippen LogP contribution in [0.2, 0.25) is 5.02 Å². The van der Waals surface area contributed by atoms with E-state index in [1.807, 2.05) is 19.1 Å². The van der Waals surface area contributed by atoms with Crippen molar-refractivity contribution < 1.29 is 4.39 Å². The molecule has 0 aromatic heterocycles. The van der Waals surface area contributed by atoms with Crippen LogP contribution in [0.25, 0.3) is 0 Å². The van der Waals surface area contributed by atoms with Gasteiger partial charge in [0.05, 0.1) is 5.02 Å². The van der Waals surface area contributed by atoms with Crippen molar-refractivity contribution >= 4 is 17.3 Å². The number of benzene rings is 1. The molecule has 0 bridgehead atoms. The molecule has 0 fully saturated rings. The molecule has 0 spiro atoms. The Bertz CT molecular complexity index is 310. The lowest BCUT2D eigenvalue weighted by atomic mass is 10.3. The molecule has 1 N–H and O–H groups in total. The molecule has 0 aliphatic rings. The highest BCUT2D eigenvalue weighted by Crippen LogP contribution is 2.18. The highest BCUT2D eigenvalue weighted by Gasteiger charge is 1.98. The highest BCUT2D eigenvalue weighted by atomic mass is 35.5. The number of nitrogens with one attached hydrogen (secondary N) is 1. The summed E-state index contributed by atoms with van der Waals surface area (Å²) in [5.74, 6) is -0.396. The molecule has 70 valence electrons. The van der Waals surface area contributed by atoms with Gasteiger partial charge >= 0.3 is 0 Å². The molecule has 0 radical (unpaired) electrons. The average molecular weight is 200 g/mol. The SMILES string of the molecule is C/C=C/CNc1ccc(Cl)c(F)c1. The summed E-state index contributed by atoms with van der Waals surface area (Å²) in [4.78, 5) is 0. The van der Waals surface area contributed by atoms with Crippen molar-refractivity contribution in [3.63, 3.8) is 0 Å². The van der Waals surface area contributed by atoms with E-state index in [9.17, 15) is 4.39 Å². The predicted octanol–water partition coefficient (Wildman–Crippen LogP) is 3.47. The molecule has 0 saturated carbocycles. The third-order valence-electron chi connectivity index (χ3n) is 1.58. The Kier molecular flexibility index (Phi) is 3.77. The van der Waals surface area contributed by atoms with E-state index in [4.69, 9.17) is 11.6 Å². The first kappa shape index (κ1) is 10.1. The van der Waals surface area contributed by atoms with Crippen molar-refractivity contribution in [1.82, 2.24) is 0 Å². The number of anilines is 1. The maximum absolute atomic E-state index is 12.9. The minimum absolute atomic E-state index is 0.150. The number of halogens is 2. The molecule has 1 rings (SSSR count). The second kappa shape index (κ2) is 4.87. The molecule has 0 heterocycles. The van der Waals surface area contributed by atoms with Gasteiger partial charge in [-0.3, -0.25) is 0 Å². The molecule has 0 saturated heterocycles. The molecule has 1 nitrogen and oxygen atoms in total. The molecule has 0 amide bonds. The molecule has 0 atom stereocenters. The molecule has 13 heavy (non-hydrogen) atoms. The van der Waals surface area contributed by atoms with Crippen molar-refractivity contribution in [2.24, 2.45) is 0 Å². The first-order valence-electron chi connectivity index (χ1n) is 4.04. The second-order valence-corrected chi connectivity index (χ2v) is 2.99. The van der Waals surface area contributed by atoms with Crippen molar-refractivity contribution in [2.75, 3.05) is 11.9 Å². The van der Waals surface area contributed by atoms with Crippen LogP contribution in [0.5, 0.6) is 0 Å². The van der Waals surface area contributed by atoms with Gasteiger partial charge in [0.1, 0.15) is 5.82 Å². The summed E-state index contributed by atoms with van der Waals surface area (Å²) in [5.41, 5.74) is 0.736. The minimum atomic E-state index is -0.396. The van der Waals surface area contributed by atoms with Crippen molar-refractivity contribution in [2.45, 2.75) is 6.92 Å². The molecule has 0 aliphatic carbocycles. The fourth-order valence-electron chi connectivity index (χ4n) is 0.901. The summed E-state index contributed by atoms with van der Waals surface area (Å²) < 4.78 is 12.9. The Hall–Kier alpha value is -1.02. The zero-order valence-electron chi connectivity index (χ0n) is 7.35. The van der Waals surface area contributed by atoms with E-state index >= 15 is 0 Å². The van der Waals surface area contributed by atoms with Crippen LogP contribution < -0.4 is 5.32 Å². The molecule has 1 aromatic rings. The second-order valence-electron chi connectivity index (χ2n) is 2.58. The predicted molar refractivity (Wildman–Crippen MR) is 54.7 cm³/mol. The van der Waals surface area contributed by atoms with Crippen molar-refractivity contribution in [3.05, 3.63) is 41.2 Å². The lowest BCUT2D eigenvalue weighted by Crippen LogP contribution is -1.98. The number of rotatable bonds is 3. The quantitative estimate of drug-likeness (QED) is 0.736. The minimum Gasteiger partial charge on any atom is -0.381 e. The van der Waals surface area contributed by atoms with Gasteiger partial charge in [-0.25, -0.2) is 4.39 Å². The molecule has 1 aromatic carbocycles. The fraction of sp³-hybridized carbons (Fsp3) is 0.200. The van der Waals surface area contributed by atoms with E-state index in [0.29, 0.717) is 6.54 Å². The highest BCUT2D eigenvalue weighted by molar-refractivity contribution is 6.30. The monoisotopic (exact) mass is 199 g/mol. The molecular weight excluding hydrogens is 189 g/mol. The standard InChI is InChI=1S/C10H11ClFN/c1-2-3-6-13-8-4-5-9(11)10(12)7-8/h2-5,7,13H,6H2,1H3/b3-2+. The number of allylic oxidation sites excluding steroid dienone is 1. The summed E-state index contributed by atoms with van der Waals surface area (Å²) in [6.07, 6.45) is 3.88. The van der Waals surface area contributed by atoms with E-state index in [1.165, 1.54) is 12.1 Å². The van der Waals surface area contributed by atoms with Gasteiger partial charge in [-0.15, -0.1) is 0 Å². The average Bonchev–Trinajstić information content (AvgIpc) is 2.12. The zero-order chi connectivity index (χ0) is 9.68. The maximum atomic E-state index is 12.9. The first-order chi connectivity index (χ1) is 6.24. The summed E-state index contributed by atoms with van der Waals surface area (Å²) in [5, 5.41) is 3.18. The molecular formula is C10H11ClFN. The lowest BCUT2D eigenvalue weighted by Gasteiger charge is -2.03. The van der Waals surface area contributed by atoms with E-state index in [1.54, 1.807) is 6.07 Å². The Balaban J connectivity index is 2.63. The van der Waals surface area contributed by atoms with E-state index < -0.39 is 5.82 Å². The van der Waals surface area contributed by atoms with Gasteiger partial charge in [0.25, 0.3) is 0 Å². The van der Waals surface area contributed by atoms with Gasteiger partial charge in [0.2, 0.25) is 0 Å². The molecule has 3 heteroatoms. The van der Waals surface area contributed by atoms with E-state index in [2.05, 4.69) is 5.32 Å². The Morgan fingerprint density at radius 1 is 1.54 bits per heavy atom. The first-order valence-corrected chi connectivity index (χ1v) is 4.42. The van der Waals surface area contributed by atoms with Gasteiger partial charge in [-0.05, 0) is 25.1 Å².